The maximum absolute atomic E-state index is 9.00. The van der Waals surface area contributed by atoms with Gasteiger partial charge >= 0.3 is 0 Å². The highest BCUT2D eigenvalue weighted by molar-refractivity contribution is 5.96. The molecule has 1 aliphatic carbocycles. The Morgan fingerprint density at radius 2 is 1.78 bits per heavy atom. The molecular formula is C15H9N3. The molecule has 0 fully saturated rings. The number of rotatable bonds is 0. The zero-order valence-electron chi connectivity index (χ0n) is 9.86. The van der Waals surface area contributed by atoms with E-state index in [0.29, 0.717) is 12.1 Å². The van der Waals surface area contributed by atoms with Crippen molar-refractivity contribution in [3.05, 3.63) is 69.6 Å². The smallest absolute Gasteiger partial charge is 0.243 e. The average molecular weight is 231 g/mol. The Morgan fingerprint density at radius 1 is 1.17 bits per heavy atom. The summed E-state index contributed by atoms with van der Waals surface area (Å²) in [5, 5.41) is 9.00. The van der Waals surface area contributed by atoms with Crippen LogP contribution in [0, 0.1) is 24.5 Å². The molecule has 0 saturated heterocycles. The summed E-state index contributed by atoms with van der Waals surface area (Å²) in [6, 6.07) is 9.56. The first-order valence-electron chi connectivity index (χ1n) is 5.40. The lowest BCUT2D eigenvalue weighted by Gasteiger charge is -2.00. The van der Waals surface area contributed by atoms with Crippen molar-refractivity contribution >= 4 is 11.1 Å². The van der Waals surface area contributed by atoms with Gasteiger partial charge in [0.15, 0.2) is 5.70 Å². The molecule has 0 atom stereocenters. The molecule has 0 bridgehead atoms. The van der Waals surface area contributed by atoms with Gasteiger partial charge < -0.3 is 0 Å². The Balaban J connectivity index is 2.78. The molecular weight excluding hydrogens is 222 g/mol. The standard InChI is InChI=1S/C15H9N3/c1-10(17-2)13-8-14(15(9-16)18-3)12-7-5-4-6-11(12)13/h4-7H,8H2,1H3/b13-10-,15-14-. The Hall–Kier alpha value is -2.83. The molecule has 0 heterocycles. The van der Waals surface area contributed by atoms with E-state index in [2.05, 4.69) is 9.69 Å². The lowest BCUT2D eigenvalue weighted by molar-refractivity contribution is 1.40. The minimum absolute atomic E-state index is 0.121. The topological polar surface area (TPSA) is 32.5 Å². The first-order valence-corrected chi connectivity index (χ1v) is 5.40. The Labute approximate surface area is 106 Å². The molecule has 0 spiro atoms. The molecule has 0 amide bonds. The van der Waals surface area contributed by atoms with Crippen LogP contribution in [-0.4, -0.2) is 0 Å². The van der Waals surface area contributed by atoms with Crippen LogP contribution in [0.3, 0.4) is 0 Å². The van der Waals surface area contributed by atoms with E-state index in [0.717, 1.165) is 22.3 Å². The largest absolute Gasteiger partial charge is 0.265 e. The lowest BCUT2D eigenvalue weighted by atomic mass is 10.1. The molecule has 1 aromatic carbocycles. The van der Waals surface area contributed by atoms with Crippen LogP contribution in [-0.2, 0) is 0 Å². The first-order chi connectivity index (χ1) is 8.72. The first kappa shape index (κ1) is 11.6. The van der Waals surface area contributed by atoms with E-state index in [1.807, 2.05) is 30.3 Å². The number of hydrogen-bond donors (Lipinski definition) is 0. The van der Waals surface area contributed by atoms with Gasteiger partial charge in [-0.1, -0.05) is 24.3 Å². The fourth-order valence-corrected chi connectivity index (χ4v) is 2.14. The van der Waals surface area contributed by atoms with Gasteiger partial charge in [0.25, 0.3) is 5.70 Å². The predicted molar refractivity (Wildman–Crippen MR) is 69.4 cm³/mol. The highest BCUT2D eigenvalue weighted by Crippen LogP contribution is 2.43. The quantitative estimate of drug-likeness (QED) is 0.492. The molecule has 1 aliphatic rings. The van der Waals surface area contributed by atoms with E-state index in [9.17, 15) is 0 Å². The summed E-state index contributed by atoms with van der Waals surface area (Å²) in [6.07, 6.45) is 0.499. The van der Waals surface area contributed by atoms with E-state index in [1.165, 1.54) is 0 Å². The second-order valence-corrected chi connectivity index (χ2v) is 3.95. The van der Waals surface area contributed by atoms with E-state index in [-0.39, 0.29) is 5.70 Å². The molecule has 3 heteroatoms. The van der Waals surface area contributed by atoms with E-state index in [4.69, 9.17) is 18.4 Å². The van der Waals surface area contributed by atoms with Crippen LogP contribution in [0.25, 0.3) is 20.8 Å². The second kappa shape index (κ2) is 4.58. The predicted octanol–water partition coefficient (Wildman–Crippen LogP) is 3.89. The highest BCUT2D eigenvalue weighted by atomic mass is 14.7. The Bertz CT molecular complexity index is 684. The Kier molecular flexibility index (Phi) is 2.96. The summed E-state index contributed by atoms with van der Waals surface area (Å²) in [4.78, 5) is 6.74. The zero-order valence-corrected chi connectivity index (χ0v) is 9.86. The molecule has 3 nitrogen and oxygen atoms in total. The van der Waals surface area contributed by atoms with Crippen LogP contribution >= 0.6 is 0 Å². The average Bonchev–Trinajstić information content (AvgIpc) is 2.79. The SMILES string of the molecule is [C-]#[N+]/C(C)=C1/C/C(=C(\C#N)[N+]#[C-])c2ccccc21. The maximum Gasteiger partial charge on any atom is 0.265 e. The van der Waals surface area contributed by atoms with Crippen LogP contribution < -0.4 is 0 Å². The van der Waals surface area contributed by atoms with Gasteiger partial charge in [-0.15, -0.1) is 0 Å². The van der Waals surface area contributed by atoms with Crippen molar-refractivity contribution in [2.24, 2.45) is 0 Å². The van der Waals surface area contributed by atoms with Crippen molar-refractivity contribution < 1.29 is 0 Å². The van der Waals surface area contributed by atoms with Gasteiger partial charge in [0.05, 0.1) is 19.2 Å². The van der Waals surface area contributed by atoms with Gasteiger partial charge in [-0.2, -0.15) is 0 Å². The molecule has 18 heavy (non-hydrogen) atoms. The molecule has 0 N–H and O–H groups in total. The molecule has 0 aromatic heterocycles. The molecule has 84 valence electrons. The minimum Gasteiger partial charge on any atom is -0.243 e. The summed E-state index contributed by atoms with van der Waals surface area (Å²) in [5.74, 6) is 0. The van der Waals surface area contributed by atoms with Crippen molar-refractivity contribution in [2.45, 2.75) is 13.3 Å². The van der Waals surface area contributed by atoms with Gasteiger partial charge in [0.2, 0.25) is 0 Å². The van der Waals surface area contributed by atoms with Crippen molar-refractivity contribution in [3.8, 4) is 6.07 Å². The number of hydrogen-bond acceptors (Lipinski definition) is 1. The fourth-order valence-electron chi connectivity index (χ4n) is 2.14. The van der Waals surface area contributed by atoms with Crippen LogP contribution in [0.2, 0.25) is 0 Å². The summed E-state index contributed by atoms with van der Waals surface area (Å²) >= 11 is 0. The molecule has 0 unspecified atom stereocenters. The Morgan fingerprint density at radius 3 is 2.28 bits per heavy atom. The number of allylic oxidation sites excluding steroid dienone is 4. The van der Waals surface area contributed by atoms with Gasteiger partial charge in [-0.05, 0) is 35.6 Å². The van der Waals surface area contributed by atoms with Crippen LogP contribution in [0.4, 0.5) is 0 Å². The molecule has 2 rings (SSSR count). The fraction of sp³-hybridized carbons (Fsp3) is 0.133. The highest BCUT2D eigenvalue weighted by Gasteiger charge is 2.24. The summed E-state index contributed by atoms with van der Waals surface area (Å²) in [7, 11) is 0. The van der Waals surface area contributed by atoms with Crippen LogP contribution in [0.1, 0.15) is 24.5 Å². The molecule has 0 radical (unpaired) electrons. The summed E-state index contributed by atoms with van der Waals surface area (Å²) in [5.41, 5.74) is 4.28. The summed E-state index contributed by atoms with van der Waals surface area (Å²) in [6.45, 7) is 15.9. The van der Waals surface area contributed by atoms with Crippen LogP contribution in [0.5, 0.6) is 0 Å². The number of benzene rings is 1. The molecule has 1 aromatic rings. The lowest BCUT2D eigenvalue weighted by Crippen LogP contribution is -1.82. The number of nitriles is 1. The van der Waals surface area contributed by atoms with Crippen molar-refractivity contribution in [2.75, 3.05) is 0 Å². The van der Waals surface area contributed by atoms with E-state index >= 15 is 0 Å². The second-order valence-electron chi connectivity index (χ2n) is 3.95. The molecule has 0 saturated carbocycles. The van der Waals surface area contributed by atoms with Crippen molar-refractivity contribution in [1.82, 2.24) is 0 Å². The minimum atomic E-state index is 0.121. The van der Waals surface area contributed by atoms with Gasteiger partial charge in [-0.3, -0.25) is 0 Å². The van der Waals surface area contributed by atoms with Crippen molar-refractivity contribution in [1.29, 1.82) is 5.26 Å². The van der Waals surface area contributed by atoms with Crippen LogP contribution in [0.15, 0.2) is 35.7 Å². The van der Waals surface area contributed by atoms with Crippen molar-refractivity contribution in [3.63, 3.8) is 0 Å². The third-order valence-corrected chi connectivity index (χ3v) is 3.04. The van der Waals surface area contributed by atoms with E-state index in [1.54, 1.807) is 6.92 Å². The van der Waals surface area contributed by atoms with Gasteiger partial charge in [0, 0.05) is 0 Å². The maximum atomic E-state index is 9.00. The van der Waals surface area contributed by atoms with E-state index < -0.39 is 0 Å². The monoisotopic (exact) mass is 231 g/mol. The van der Waals surface area contributed by atoms with Gasteiger partial charge in [-0.25, -0.2) is 15.0 Å². The number of nitrogens with zero attached hydrogens (tertiary/aromatic N) is 3. The molecule has 0 aliphatic heterocycles. The summed E-state index contributed by atoms with van der Waals surface area (Å²) < 4.78 is 0. The third-order valence-electron chi connectivity index (χ3n) is 3.04. The number of fused-ring (bicyclic) bond motifs is 1. The third kappa shape index (κ3) is 1.67. The normalized spacial score (nSPS) is 18.1. The van der Waals surface area contributed by atoms with Gasteiger partial charge in [0.1, 0.15) is 0 Å². The zero-order chi connectivity index (χ0) is 13.1.